The van der Waals surface area contributed by atoms with Crippen LogP contribution in [0.1, 0.15) is 26.2 Å². The number of aromatic nitrogens is 1. The molecule has 0 bridgehead atoms. The van der Waals surface area contributed by atoms with Crippen LogP contribution in [0.3, 0.4) is 0 Å². The van der Waals surface area contributed by atoms with Gasteiger partial charge in [0.1, 0.15) is 5.75 Å². The number of hydrogen-bond donors (Lipinski definition) is 1. The van der Waals surface area contributed by atoms with Gasteiger partial charge in [0.15, 0.2) is 5.13 Å². The molecule has 5 heteroatoms. The zero-order chi connectivity index (χ0) is 13.0. The fourth-order valence-corrected chi connectivity index (χ4v) is 2.51. The Morgan fingerprint density at radius 2 is 2.33 bits per heavy atom. The van der Waals surface area contributed by atoms with Gasteiger partial charge in [-0.2, -0.15) is 0 Å². The van der Waals surface area contributed by atoms with Crippen LogP contribution >= 0.6 is 11.3 Å². The second kappa shape index (κ2) is 5.82. The standard InChI is InChI=1S/C13H16N2O2S/c1-3-4-5-12(16)15-13-14-10-7-6-9(17-2)8-11(10)18-13/h6-8H,3-5H2,1-2H3,(H,14,15,16). The van der Waals surface area contributed by atoms with Crippen molar-refractivity contribution in [3.63, 3.8) is 0 Å². The van der Waals surface area contributed by atoms with Crippen LogP contribution in [-0.4, -0.2) is 18.0 Å². The first-order valence-corrected chi connectivity index (χ1v) is 6.79. The lowest BCUT2D eigenvalue weighted by molar-refractivity contribution is -0.116. The molecule has 18 heavy (non-hydrogen) atoms. The number of unbranched alkanes of at least 4 members (excludes halogenated alkanes) is 1. The van der Waals surface area contributed by atoms with Gasteiger partial charge >= 0.3 is 0 Å². The number of ether oxygens (including phenoxy) is 1. The average Bonchev–Trinajstić information content (AvgIpc) is 2.77. The maximum absolute atomic E-state index is 11.6. The van der Waals surface area contributed by atoms with Gasteiger partial charge in [0.25, 0.3) is 0 Å². The minimum Gasteiger partial charge on any atom is -0.497 e. The molecule has 0 fully saturated rings. The summed E-state index contributed by atoms with van der Waals surface area (Å²) in [6.07, 6.45) is 2.48. The first-order chi connectivity index (χ1) is 8.72. The van der Waals surface area contributed by atoms with Gasteiger partial charge in [-0.1, -0.05) is 24.7 Å². The average molecular weight is 264 g/mol. The summed E-state index contributed by atoms with van der Waals surface area (Å²) >= 11 is 1.47. The highest BCUT2D eigenvalue weighted by molar-refractivity contribution is 7.22. The first kappa shape index (κ1) is 12.8. The zero-order valence-electron chi connectivity index (χ0n) is 10.5. The lowest BCUT2D eigenvalue weighted by atomic mass is 10.2. The second-order valence-electron chi connectivity index (χ2n) is 4.00. The van der Waals surface area contributed by atoms with Crippen molar-refractivity contribution in [1.29, 1.82) is 0 Å². The van der Waals surface area contributed by atoms with E-state index in [1.807, 2.05) is 18.2 Å². The van der Waals surface area contributed by atoms with E-state index in [1.165, 1.54) is 11.3 Å². The molecule has 0 aliphatic rings. The maximum Gasteiger partial charge on any atom is 0.226 e. The third-order valence-corrected chi connectivity index (χ3v) is 3.53. The molecule has 0 radical (unpaired) electrons. The van der Waals surface area contributed by atoms with Crippen LogP contribution in [0.2, 0.25) is 0 Å². The van der Waals surface area contributed by atoms with Crippen molar-refractivity contribution >= 4 is 32.6 Å². The Balaban J connectivity index is 2.12. The van der Waals surface area contributed by atoms with E-state index in [4.69, 9.17) is 4.74 Å². The molecule has 0 unspecified atom stereocenters. The Labute approximate surface area is 110 Å². The number of benzene rings is 1. The fourth-order valence-electron chi connectivity index (χ4n) is 1.60. The largest absolute Gasteiger partial charge is 0.497 e. The lowest BCUT2D eigenvalue weighted by Crippen LogP contribution is -2.10. The van der Waals surface area contributed by atoms with E-state index in [-0.39, 0.29) is 5.91 Å². The summed E-state index contributed by atoms with van der Waals surface area (Å²) in [5.74, 6) is 0.831. The predicted octanol–water partition coefficient (Wildman–Crippen LogP) is 3.43. The maximum atomic E-state index is 11.6. The normalized spacial score (nSPS) is 10.6. The fraction of sp³-hybridized carbons (Fsp3) is 0.385. The molecule has 0 saturated heterocycles. The third kappa shape index (κ3) is 2.98. The molecule has 0 aliphatic heterocycles. The number of thiazole rings is 1. The molecule has 2 rings (SSSR count). The van der Waals surface area contributed by atoms with Gasteiger partial charge in [0.2, 0.25) is 5.91 Å². The van der Waals surface area contributed by atoms with Crippen LogP contribution in [0.25, 0.3) is 10.2 Å². The summed E-state index contributed by atoms with van der Waals surface area (Å²) in [4.78, 5) is 16.0. The van der Waals surface area contributed by atoms with Crippen molar-refractivity contribution in [2.75, 3.05) is 12.4 Å². The van der Waals surface area contributed by atoms with E-state index in [9.17, 15) is 4.79 Å². The summed E-state index contributed by atoms with van der Waals surface area (Å²) in [7, 11) is 1.63. The lowest BCUT2D eigenvalue weighted by Gasteiger charge is -1.98. The number of nitrogens with zero attached hydrogens (tertiary/aromatic N) is 1. The molecule has 0 saturated carbocycles. The molecule has 4 nitrogen and oxygen atoms in total. The quantitative estimate of drug-likeness (QED) is 0.900. The molecule has 1 N–H and O–H groups in total. The third-order valence-electron chi connectivity index (χ3n) is 2.60. The number of rotatable bonds is 5. The summed E-state index contributed by atoms with van der Waals surface area (Å²) in [6.45, 7) is 2.07. The van der Waals surface area contributed by atoms with Crippen molar-refractivity contribution in [2.24, 2.45) is 0 Å². The molecule has 1 aromatic heterocycles. The molecular formula is C13H16N2O2S. The molecular weight excluding hydrogens is 248 g/mol. The van der Waals surface area contributed by atoms with Crippen molar-refractivity contribution in [2.45, 2.75) is 26.2 Å². The van der Waals surface area contributed by atoms with Gasteiger partial charge in [0.05, 0.1) is 17.3 Å². The minimum atomic E-state index is 0.0304. The molecule has 2 aromatic rings. The number of hydrogen-bond acceptors (Lipinski definition) is 4. The van der Waals surface area contributed by atoms with Crippen LogP contribution in [0.15, 0.2) is 18.2 Å². The van der Waals surface area contributed by atoms with E-state index < -0.39 is 0 Å². The van der Waals surface area contributed by atoms with Crippen molar-refractivity contribution in [3.05, 3.63) is 18.2 Å². The number of anilines is 1. The van der Waals surface area contributed by atoms with Gasteiger partial charge < -0.3 is 10.1 Å². The van der Waals surface area contributed by atoms with Crippen molar-refractivity contribution in [1.82, 2.24) is 4.98 Å². The monoisotopic (exact) mass is 264 g/mol. The van der Waals surface area contributed by atoms with E-state index in [2.05, 4.69) is 17.2 Å². The highest BCUT2D eigenvalue weighted by atomic mass is 32.1. The van der Waals surface area contributed by atoms with Crippen LogP contribution < -0.4 is 10.1 Å². The highest BCUT2D eigenvalue weighted by Crippen LogP contribution is 2.29. The SMILES string of the molecule is CCCCC(=O)Nc1nc2ccc(OC)cc2s1. The Morgan fingerprint density at radius 1 is 1.50 bits per heavy atom. The Morgan fingerprint density at radius 3 is 3.06 bits per heavy atom. The number of nitrogens with one attached hydrogen (secondary N) is 1. The first-order valence-electron chi connectivity index (χ1n) is 5.97. The molecule has 96 valence electrons. The number of methoxy groups -OCH3 is 1. The van der Waals surface area contributed by atoms with Crippen molar-refractivity contribution < 1.29 is 9.53 Å². The molecule has 1 amide bonds. The molecule has 0 spiro atoms. The van der Waals surface area contributed by atoms with E-state index in [0.717, 1.165) is 28.8 Å². The van der Waals surface area contributed by atoms with E-state index in [1.54, 1.807) is 7.11 Å². The number of fused-ring (bicyclic) bond motifs is 1. The van der Waals surface area contributed by atoms with Crippen molar-refractivity contribution in [3.8, 4) is 5.75 Å². The van der Waals surface area contributed by atoms with E-state index in [0.29, 0.717) is 11.6 Å². The molecule has 0 aliphatic carbocycles. The number of carbonyl (C=O) groups excluding carboxylic acids is 1. The number of amides is 1. The van der Waals surface area contributed by atoms with Gasteiger partial charge in [-0.05, 0) is 24.6 Å². The van der Waals surface area contributed by atoms with Gasteiger partial charge in [-0.15, -0.1) is 0 Å². The second-order valence-corrected chi connectivity index (χ2v) is 5.04. The predicted molar refractivity (Wildman–Crippen MR) is 74.3 cm³/mol. The molecule has 1 aromatic carbocycles. The van der Waals surface area contributed by atoms with Gasteiger partial charge in [0, 0.05) is 6.42 Å². The Bertz CT molecular complexity index is 551. The van der Waals surface area contributed by atoms with Crippen LogP contribution in [-0.2, 0) is 4.79 Å². The Kier molecular flexibility index (Phi) is 4.15. The van der Waals surface area contributed by atoms with Crippen LogP contribution in [0, 0.1) is 0 Å². The highest BCUT2D eigenvalue weighted by Gasteiger charge is 2.08. The zero-order valence-corrected chi connectivity index (χ0v) is 11.3. The molecule has 0 atom stereocenters. The summed E-state index contributed by atoms with van der Waals surface area (Å²) < 4.78 is 6.17. The van der Waals surface area contributed by atoms with E-state index >= 15 is 0 Å². The molecule has 1 heterocycles. The number of carbonyl (C=O) groups is 1. The summed E-state index contributed by atoms with van der Waals surface area (Å²) in [5.41, 5.74) is 0.881. The Hall–Kier alpha value is -1.62. The van der Waals surface area contributed by atoms with Crippen LogP contribution in [0.5, 0.6) is 5.75 Å². The minimum absolute atomic E-state index is 0.0304. The van der Waals surface area contributed by atoms with Gasteiger partial charge in [-0.25, -0.2) is 4.98 Å². The van der Waals surface area contributed by atoms with Gasteiger partial charge in [-0.3, -0.25) is 4.79 Å². The summed E-state index contributed by atoms with van der Waals surface area (Å²) in [5, 5.41) is 3.48. The summed E-state index contributed by atoms with van der Waals surface area (Å²) in [6, 6.07) is 5.69. The smallest absolute Gasteiger partial charge is 0.226 e. The van der Waals surface area contributed by atoms with Crippen LogP contribution in [0.4, 0.5) is 5.13 Å². The topological polar surface area (TPSA) is 51.2 Å².